The minimum absolute atomic E-state index is 0.0405. The molecule has 0 aliphatic carbocycles. The molecule has 1 rings (SSSR count). The van der Waals surface area contributed by atoms with Crippen LogP contribution in [0.5, 0.6) is 0 Å². The van der Waals surface area contributed by atoms with Crippen LogP contribution in [-0.2, 0) is 4.79 Å². The monoisotopic (exact) mass is 259 g/mol. The van der Waals surface area contributed by atoms with Gasteiger partial charge in [0.15, 0.2) is 0 Å². The first kappa shape index (κ1) is 15.6. The van der Waals surface area contributed by atoms with E-state index in [2.05, 4.69) is 0 Å². The molecule has 0 aliphatic rings. The zero-order valence-electron chi connectivity index (χ0n) is 9.96. The number of thioether (sulfide) groups is 1. The highest BCUT2D eigenvalue weighted by Gasteiger charge is 2.04. The molecule has 94 valence electrons. The molecule has 1 aromatic rings. The highest BCUT2D eigenvalue weighted by Crippen LogP contribution is 2.14. The minimum atomic E-state index is -0.661. The molecule has 17 heavy (non-hydrogen) atoms. The zero-order chi connectivity index (χ0) is 13.4. The molecule has 5 heteroatoms. The molecule has 1 aromatic carbocycles. The second-order valence-electron chi connectivity index (χ2n) is 3.25. The Labute approximate surface area is 104 Å². The van der Waals surface area contributed by atoms with E-state index in [4.69, 9.17) is 5.73 Å². The third kappa shape index (κ3) is 6.06. The lowest BCUT2D eigenvalue weighted by atomic mass is 10.1. The predicted octanol–water partition coefficient (Wildman–Crippen LogP) is 2.75. The third-order valence-corrected chi connectivity index (χ3v) is 1.74. The van der Waals surface area contributed by atoms with Crippen LogP contribution >= 0.6 is 11.8 Å². The van der Waals surface area contributed by atoms with E-state index in [1.54, 1.807) is 11.8 Å². The Hall–Kier alpha value is -1.36. The molecule has 0 bridgehead atoms. The van der Waals surface area contributed by atoms with Gasteiger partial charge in [0.05, 0.1) is 0 Å². The van der Waals surface area contributed by atoms with Crippen LogP contribution in [0, 0.1) is 18.6 Å². The summed E-state index contributed by atoms with van der Waals surface area (Å²) in [7, 11) is 0. The first-order valence-electron chi connectivity index (χ1n) is 4.75. The van der Waals surface area contributed by atoms with Crippen LogP contribution in [0.15, 0.2) is 18.2 Å². The van der Waals surface area contributed by atoms with E-state index in [9.17, 15) is 13.6 Å². The molecule has 0 atom stereocenters. The highest BCUT2D eigenvalue weighted by molar-refractivity contribution is 7.97. The van der Waals surface area contributed by atoms with Crippen molar-refractivity contribution in [3.8, 4) is 0 Å². The van der Waals surface area contributed by atoms with E-state index in [0.29, 0.717) is 0 Å². The summed E-state index contributed by atoms with van der Waals surface area (Å²) in [6.45, 7) is 1.34. The van der Waals surface area contributed by atoms with Crippen molar-refractivity contribution in [1.29, 1.82) is 0 Å². The third-order valence-electron chi connectivity index (χ3n) is 1.74. The van der Waals surface area contributed by atoms with Crippen LogP contribution < -0.4 is 5.73 Å². The van der Waals surface area contributed by atoms with E-state index >= 15 is 0 Å². The number of amides is 1. The van der Waals surface area contributed by atoms with Crippen molar-refractivity contribution in [2.75, 3.05) is 12.5 Å². The van der Waals surface area contributed by atoms with Gasteiger partial charge < -0.3 is 5.73 Å². The Bertz CT molecular complexity index is 396. The van der Waals surface area contributed by atoms with Gasteiger partial charge in [-0.2, -0.15) is 11.8 Å². The largest absolute Gasteiger partial charge is 0.366 e. The summed E-state index contributed by atoms with van der Waals surface area (Å²) in [5.41, 5.74) is 5.06. The average molecular weight is 259 g/mol. The van der Waals surface area contributed by atoms with Crippen LogP contribution in [0.4, 0.5) is 8.78 Å². The second-order valence-corrected chi connectivity index (χ2v) is 4.07. The fourth-order valence-corrected chi connectivity index (χ4v) is 0.939. The summed E-state index contributed by atoms with van der Waals surface area (Å²) in [5.74, 6) is -1.95. The maximum absolute atomic E-state index is 13.0. The quantitative estimate of drug-likeness (QED) is 0.830. The van der Waals surface area contributed by atoms with E-state index in [1.165, 1.54) is 13.0 Å². The number of benzene rings is 1. The van der Waals surface area contributed by atoms with Crippen molar-refractivity contribution in [3.05, 3.63) is 41.0 Å². The summed E-state index contributed by atoms with van der Waals surface area (Å²) in [5, 5.41) is 0. The van der Waals surface area contributed by atoms with Gasteiger partial charge in [-0.1, -0.05) is 0 Å². The molecule has 0 saturated heterocycles. The fraction of sp³-hybridized carbons (Fsp3) is 0.250. The molecule has 2 nitrogen and oxygen atoms in total. The van der Waals surface area contributed by atoms with Gasteiger partial charge in [-0.05, 0) is 43.2 Å². The Kier molecular flexibility index (Phi) is 7.21. The minimum Gasteiger partial charge on any atom is -0.366 e. The molecule has 1 amide bonds. The average Bonchev–Trinajstić information content (AvgIpc) is 2.24. The molecule has 0 heterocycles. The van der Waals surface area contributed by atoms with Gasteiger partial charge in [-0.3, -0.25) is 4.79 Å². The van der Waals surface area contributed by atoms with E-state index in [1.807, 2.05) is 12.5 Å². The molecular formula is C12H15F2NOS. The SMILES string of the molecule is CSC.Cc1c(F)cc(/C=C/C(N)=O)cc1F. The van der Waals surface area contributed by atoms with Gasteiger partial charge in [-0.15, -0.1) is 0 Å². The molecule has 0 saturated carbocycles. The van der Waals surface area contributed by atoms with Crippen molar-refractivity contribution in [3.63, 3.8) is 0 Å². The van der Waals surface area contributed by atoms with Gasteiger partial charge in [0.2, 0.25) is 5.91 Å². The van der Waals surface area contributed by atoms with E-state index < -0.39 is 17.5 Å². The maximum atomic E-state index is 13.0. The Balaban J connectivity index is 0.000000770. The Morgan fingerprint density at radius 1 is 1.29 bits per heavy atom. The highest BCUT2D eigenvalue weighted by atomic mass is 32.2. The number of rotatable bonds is 2. The molecule has 0 fully saturated rings. The van der Waals surface area contributed by atoms with Crippen molar-refractivity contribution in [2.24, 2.45) is 5.73 Å². The fourth-order valence-electron chi connectivity index (χ4n) is 0.939. The van der Waals surface area contributed by atoms with Gasteiger partial charge in [-0.25, -0.2) is 8.78 Å². The summed E-state index contributed by atoms with van der Waals surface area (Å²) >= 11 is 1.75. The first-order chi connectivity index (χ1) is 7.92. The Morgan fingerprint density at radius 3 is 2.06 bits per heavy atom. The number of primary amides is 1. The van der Waals surface area contributed by atoms with E-state index in [-0.39, 0.29) is 11.1 Å². The Morgan fingerprint density at radius 2 is 1.71 bits per heavy atom. The lowest BCUT2D eigenvalue weighted by Gasteiger charge is -2.00. The lowest BCUT2D eigenvalue weighted by molar-refractivity contribution is -0.113. The zero-order valence-corrected chi connectivity index (χ0v) is 10.8. The van der Waals surface area contributed by atoms with Crippen LogP contribution in [0.25, 0.3) is 6.08 Å². The number of halogens is 2. The summed E-state index contributed by atoms with van der Waals surface area (Å²) in [6.07, 6.45) is 6.39. The van der Waals surface area contributed by atoms with Gasteiger partial charge >= 0.3 is 0 Å². The summed E-state index contributed by atoms with van der Waals surface area (Å²) in [4.78, 5) is 10.4. The summed E-state index contributed by atoms with van der Waals surface area (Å²) < 4.78 is 25.9. The maximum Gasteiger partial charge on any atom is 0.241 e. The van der Waals surface area contributed by atoms with E-state index in [0.717, 1.165) is 18.2 Å². The molecule has 0 aliphatic heterocycles. The molecule has 0 radical (unpaired) electrons. The molecule has 0 aromatic heterocycles. The van der Waals surface area contributed by atoms with Crippen LogP contribution in [0.2, 0.25) is 0 Å². The van der Waals surface area contributed by atoms with Crippen molar-refractivity contribution < 1.29 is 13.6 Å². The van der Waals surface area contributed by atoms with Crippen molar-refractivity contribution in [2.45, 2.75) is 6.92 Å². The second kappa shape index (κ2) is 7.84. The standard InChI is InChI=1S/C10H9F2NO.C2H6S/c1-6-8(11)4-7(5-9(6)12)2-3-10(13)14;1-3-2/h2-5H,1H3,(H2,13,14);1-2H3/b3-2+;. The van der Waals surface area contributed by atoms with Crippen LogP contribution in [0.1, 0.15) is 11.1 Å². The topological polar surface area (TPSA) is 43.1 Å². The van der Waals surface area contributed by atoms with Gasteiger partial charge in [0, 0.05) is 11.6 Å². The lowest BCUT2D eigenvalue weighted by Crippen LogP contribution is -2.05. The molecule has 2 N–H and O–H groups in total. The number of carbonyl (C=O) groups is 1. The van der Waals surface area contributed by atoms with Crippen LogP contribution in [0.3, 0.4) is 0 Å². The van der Waals surface area contributed by atoms with Crippen LogP contribution in [-0.4, -0.2) is 18.4 Å². The van der Waals surface area contributed by atoms with Crippen molar-refractivity contribution >= 4 is 23.7 Å². The van der Waals surface area contributed by atoms with Gasteiger partial charge in [0.1, 0.15) is 11.6 Å². The smallest absolute Gasteiger partial charge is 0.241 e. The number of carbonyl (C=O) groups excluding carboxylic acids is 1. The predicted molar refractivity (Wildman–Crippen MR) is 68.8 cm³/mol. The number of hydrogen-bond acceptors (Lipinski definition) is 2. The van der Waals surface area contributed by atoms with Crippen molar-refractivity contribution in [1.82, 2.24) is 0 Å². The normalized spacial score (nSPS) is 9.94. The van der Waals surface area contributed by atoms with Gasteiger partial charge in [0.25, 0.3) is 0 Å². The summed E-state index contributed by atoms with van der Waals surface area (Å²) in [6, 6.07) is 2.27. The number of nitrogens with two attached hydrogens (primary N) is 1. The number of hydrogen-bond donors (Lipinski definition) is 1. The molecule has 0 spiro atoms. The molecular weight excluding hydrogens is 244 g/mol. The molecule has 0 unspecified atom stereocenters. The first-order valence-corrected chi connectivity index (χ1v) is 6.39.